The highest BCUT2D eigenvalue weighted by Crippen LogP contribution is 2.36. The maximum absolute atomic E-state index is 13.6. The zero-order chi connectivity index (χ0) is 18.4. The van der Waals surface area contributed by atoms with Crippen LogP contribution >= 0.6 is 52.3 Å². The van der Waals surface area contributed by atoms with Gasteiger partial charge < -0.3 is 11.5 Å². The van der Waals surface area contributed by atoms with Gasteiger partial charge in [-0.25, -0.2) is 4.39 Å². The summed E-state index contributed by atoms with van der Waals surface area (Å²) >= 11 is 4.00. The quantitative estimate of drug-likeness (QED) is 0.344. The van der Waals surface area contributed by atoms with Crippen molar-refractivity contribution in [3.05, 3.63) is 58.9 Å². The Balaban J connectivity index is 0.00000338. The lowest BCUT2D eigenvalue weighted by molar-refractivity contribution is 0.625. The molecule has 9 heteroatoms. The van der Waals surface area contributed by atoms with Crippen LogP contribution < -0.4 is 11.5 Å². The van der Waals surface area contributed by atoms with Crippen LogP contribution in [-0.2, 0) is 11.5 Å². The first-order valence-corrected chi connectivity index (χ1v) is 10.1. The normalized spacial score (nSPS) is 10.2. The second-order valence-electron chi connectivity index (χ2n) is 5.27. The van der Waals surface area contributed by atoms with E-state index in [4.69, 9.17) is 22.3 Å². The summed E-state index contributed by atoms with van der Waals surface area (Å²) in [4.78, 5) is 1.98. The summed E-state index contributed by atoms with van der Waals surface area (Å²) in [5.41, 5.74) is 13.9. The van der Waals surface area contributed by atoms with Crippen molar-refractivity contribution < 1.29 is 4.39 Å². The molecule has 0 saturated heterocycles. The van der Waals surface area contributed by atoms with Gasteiger partial charge in [0.2, 0.25) is 0 Å². The highest BCUT2D eigenvalue weighted by Gasteiger charge is 2.11. The molecule has 0 spiro atoms. The standard InChI is InChI=1S/C17H19FN4S3.BrH/c1-10-2-3-11(8-23-16(19)20)15(6-10)25-14-5-4-13(18)7-12(14)9-24-17(21)22;/h2-7H,8-9H2,1H3,(H3,19,20)(H3,21,22);1H. The first kappa shape index (κ1) is 22.9. The van der Waals surface area contributed by atoms with Gasteiger partial charge in [0.25, 0.3) is 0 Å². The molecule has 2 aromatic rings. The minimum atomic E-state index is -0.305. The number of rotatable bonds is 6. The predicted molar refractivity (Wildman–Crippen MR) is 118 cm³/mol. The SMILES string of the molecule is Br.Cc1ccc(CSC(=N)N)c(Sc2ccc(F)cc2CSC(=N)N)c1. The molecule has 0 fully saturated rings. The first-order valence-electron chi connectivity index (χ1n) is 7.34. The van der Waals surface area contributed by atoms with Crippen LogP contribution in [0.1, 0.15) is 16.7 Å². The van der Waals surface area contributed by atoms with Crippen LogP contribution in [0.25, 0.3) is 0 Å². The Hall–Kier alpha value is -1.16. The van der Waals surface area contributed by atoms with Crippen LogP contribution in [0, 0.1) is 23.6 Å². The van der Waals surface area contributed by atoms with E-state index in [9.17, 15) is 4.39 Å². The van der Waals surface area contributed by atoms with E-state index in [-0.39, 0.29) is 33.1 Å². The van der Waals surface area contributed by atoms with Gasteiger partial charge in [-0.1, -0.05) is 47.4 Å². The Kier molecular flexibility index (Phi) is 9.56. The van der Waals surface area contributed by atoms with Crippen LogP contribution in [0.4, 0.5) is 4.39 Å². The van der Waals surface area contributed by atoms with Gasteiger partial charge in [-0.3, -0.25) is 10.8 Å². The summed E-state index contributed by atoms with van der Waals surface area (Å²) in [5, 5.41) is 14.8. The molecule has 0 aliphatic heterocycles. The second kappa shape index (κ2) is 10.9. The lowest BCUT2D eigenvalue weighted by atomic mass is 10.2. The maximum atomic E-state index is 13.6. The molecule has 0 unspecified atom stereocenters. The fraction of sp³-hybridized carbons (Fsp3) is 0.176. The molecule has 140 valence electrons. The molecular weight excluding hydrogens is 455 g/mol. The third kappa shape index (κ3) is 7.22. The van der Waals surface area contributed by atoms with Crippen molar-refractivity contribution >= 4 is 62.6 Å². The highest BCUT2D eigenvalue weighted by atomic mass is 79.9. The zero-order valence-corrected chi connectivity index (χ0v) is 18.2. The molecule has 0 aromatic heterocycles. The largest absolute Gasteiger partial charge is 0.379 e. The molecule has 6 N–H and O–H groups in total. The fourth-order valence-corrected chi connectivity index (χ4v) is 4.51. The van der Waals surface area contributed by atoms with Crippen molar-refractivity contribution in [3.8, 4) is 0 Å². The molecule has 0 amide bonds. The van der Waals surface area contributed by atoms with E-state index in [0.29, 0.717) is 11.5 Å². The summed E-state index contributed by atoms with van der Waals surface area (Å²) < 4.78 is 13.6. The van der Waals surface area contributed by atoms with E-state index in [1.807, 2.05) is 19.1 Å². The minimum absolute atomic E-state index is 0. The third-order valence-corrected chi connectivity index (χ3v) is 5.98. The number of halogens is 2. The number of aryl methyl sites for hydroxylation is 1. The van der Waals surface area contributed by atoms with Gasteiger partial charge in [0.05, 0.1) is 0 Å². The Labute approximate surface area is 175 Å². The zero-order valence-electron chi connectivity index (χ0n) is 14.0. The number of nitrogens with two attached hydrogens (primary N) is 2. The van der Waals surface area contributed by atoms with Gasteiger partial charge in [0, 0.05) is 21.3 Å². The van der Waals surface area contributed by atoms with E-state index >= 15 is 0 Å². The van der Waals surface area contributed by atoms with Crippen molar-refractivity contribution in [2.45, 2.75) is 28.2 Å². The van der Waals surface area contributed by atoms with Gasteiger partial charge in [0.15, 0.2) is 10.3 Å². The smallest absolute Gasteiger partial charge is 0.151 e. The fourth-order valence-electron chi connectivity index (χ4n) is 2.07. The number of nitrogens with one attached hydrogen (secondary N) is 2. The summed E-state index contributed by atoms with van der Waals surface area (Å²) in [7, 11) is 0. The number of hydrogen-bond acceptors (Lipinski definition) is 5. The molecule has 0 heterocycles. The van der Waals surface area contributed by atoms with Crippen molar-refractivity contribution in [1.82, 2.24) is 0 Å². The van der Waals surface area contributed by atoms with Gasteiger partial charge in [-0.2, -0.15) is 0 Å². The first-order chi connectivity index (χ1) is 11.8. The summed E-state index contributed by atoms with van der Waals surface area (Å²) in [5.74, 6) is 0.746. The van der Waals surface area contributed by atoms with Crippen molar-refractivity contribution in [1.29, 1.82) is 10.8 Å². The van der Waals surface area contributed by atoms with Gasteiger partial charge >= 0.3 is 0 Å². The molecule has 0 bridgehead atoms. The van der Waals surface area contributed by atoms with Gasteiger partial charge in [0.1, 0.15) is 5.82 Å². The van der Waals surface area contributed by atoms with E-state index in [2.05, 4.69) is 6.07 Å². The van der Waals surface area contributed by atoms with Gasteiger partial charge in [-0.05, 0) is 47.9 Å². The van der Waals surface area contributed by atoms with Crippen molar-refractivity contribution in [3.63, 3.8) is 0 Å². The van der Waals surface area contributed by atoms with E-state index in [0.717, 1.165) is 26.5 Å². The van der Waals surface area contributed by atoms with Crippen LogP contribution in [0.5, 0.6) is 0 Å². The molecule has 2 rings (SSSR count). The highest BCUT2D eigenvalue weighted by molar-refractivity contribution is 8.93. The van der Waals surface area contributed by atoms with Gasteiger partial charge in [-0.15, -0.1) is 17.0 Å². The summed E-state index contributed by atoms with van der Waals surface area (Å²) in [6, 6.07) is 10.8. The Morgan fingerprint density at radius 3 is 2.15 bits per heavy atom. The Morgan fingerprint density at radius 1 is 0.923 bits per heavy atom. The lowest BCUT2D eigenvalue weighted by Gasteiger charge is -2.13. The minimum Gasteiger partial charge on any atom is -0.379 e. The van der Waals surface area contributed by atoms with E-state index in [1.165, 1.54) is 35.7 Å². The Bertz CT molecular complexity index is 802. The maximum Gasteiger partial charge on any atom is 0.151 e. The number of benzene rings is 2. The number of thioether (sulfide) groups is 2. The molecule has 0 saturated carbocycles. The van der Waals surface area contributed by atoms with E-state index in [1.54, 1.807) is 17.8 Å². The number of amidine groups is 2. The average Bonchev–Trinajstić information content (AvgIpc) is 2.54. The molecule has 4 nitrogen and oxygen atoms in total. The Morgan fingerprint density at radius 2 is 1.54 bits per heavy atom. The molecule has 0 radical (unpaired) electrons. The van der Waals surface area contributed by atoms with E-state index < -0.39 is 0 Å². The predicted octanol–water partition coefficient (Wildman–Crippen LogP) is 5.12. The second-order valence-corrected chi connectivity index (χ2v) is 8.39. The molecule has 0 aliphatic rings. The molecule has 2 aromatic carbocycles. The number of hydrogen-bond donors (Lipinski definition) is 4. The van der Waals surface area contributed by atoms with Crippen LogP contribution in [0.2, 0.25) is 0 Å². The monoisotopic (exact) mass is 474 g/mol. The molecule has 0 aliphatic carbocycles. The van der Waals surface area contributed by atoms with Crippen molar-refractivity contribution in [2.75, 3.05) is 0 Å². The third-order valence-electron chi connectivity index (χ3n) is 3.23. The average molecular weight is 475 g/mol. The van der Waals surface area contributed by atoms with Crippen LogP contribution in [0.15, 0.2) is 46.2 Å². The van der Waals surface area contributed by atoms with Crippen LogP contribution in [0.3, 0.4) is 0 Å². The summed E-state index contributed by atoms with van der Waals surface area (Å²) in [6.07, 6.45) is 0. The lowest BCUT2D eigenvalue weighted by Crippen LogP contribution is -2.04. The molecule has 0 atom stereocenters. The molecule has 26 heavy (non-hydrogen) atoms. The summed E-state index contributed by atoms with van der Waals surface area (Å²) in [6.45, 7) is 2.02. The van der Waals surface area contributed by atoms with Crippen LogP contribution in [-0.4, -0.2) is 10.3 Å². The topological polar surface area (TPSA) is 99.7 Å². The molecular formula is C17H20BrFN4S3. The van der Waals surface area contributed by atoms with Crippen molar-refractivity contribution in [2.24, 2.45) is 11.5 Å².